The van der Waals surface area contributed by atoms with Crippen LogP contribution >= 0.6 is 0 Å². The number of hydrogen-bond donors (Lipinski definition) is 1. The summed E-state index contributed by atoms with van der Waals surface area (Å²) >= 11 is 0. The molecule has 1 aromatic rings. The highest BCUT2D eigenvalue weighted by atomic mass is 15.0. The smallest absolute Gasteiger partial charge is 0.122 e. The van der Waals surface area contributed by atoms with E-state index in [9.17, 15) is 0 Å². The number of nitrogens with two attached hydrogens (primary N) is 1. The molecule has 0 atom stereocenters. The fourth-order valence-corrected chi connectivity index (χ4v) is 1.80. The summed E-state index contributed by atoms with van der Waals surface area (Å²) in [4.78, 5) is 0. The Kier molecular flexibility index (Phi) is 3.79. The second-order valence-corrected chi connectivity index (χ2v) is 4.29. The molecular weight excluding hydrogens is 186 g/mol. The maximum atomic E-state index is 8.99. The number of nitrogen functional groups attached to an aromatic ring is 1. The Labute approximate surface area is 91.5 Å². The van der Waals surface area contributed by atoms with Crippen molar-refractivity contribution in [1.29, 1.82) is 5.26 Å². The highest BCUT2D eigenvalue weighted by Gasteiger charge is 2.13. The van der Waals surface area contributed by atoms with Crippen molar-refractivity contribution in [3.8, 4) is 6.07 Å². The molecule has 3 nitrogen and oxygen atoms in total. The van der Waals surface area contributed by atoms with Gasteiger partial charge in [0.15, 0.2) is 0 Å². The predicted molar refractivity (Wildman–Crippen MR) is 62.4 cm³/mol. The van der Waals surface area contributed by atoms with Gasteiger partial charge in [0.1, 0.15) is 11.8 Å². The minimum atomic E-state index is 0.560. The monoisotopic (exact) mass is 205 g/mol. The maximum absolute atomic E-state index is 8.99. The van der Waals surface area contributed by atoms with Gasteiger partial charge in [0.25, 0.3) is 0 Å². The molecule has 0 aliphatic rings. The number of nitrogens with zero attached hydrogens (tertiary/aromatic N) is 2. The second-order valence-electron chi connectivity index (χ2n) is 4.29. The van der Waals surface area contributed by atoms with Crippen LogP contribution in [-0.4, -0.2) is 4.57 Å². The van der Waals surface area contributed by atoms with Crippen molar-refractivity contribution < 1.29 is 0 Å². The molecule has 0 fully saturated rings. The third-order valence-electron chi connectivity index (χ3n) is 2.41. The normalized spacial score (nSPS) is 10.6. The second kappa shape index (κ2) is 4.88. The summed E-state index contributed by atoms with van der Waals surface area (Å²) < 4.78 is 2.05. The van der Waals surface area contributed by atoms with Gasteiger partial charge in [-0.3, -0.25) is 0 Å². The molecule has 0 saturated heterocycles. The van der Waals surface area contributed by atoms with Crippen LogP contribution in [0.15, 0.2) is 6.07 Å². The fraction of sp³-hybridized carbons (Fsp3) is 0.583. The average Bonchev–Trinajstić information content (AvgIpc) is 2.45. The first kappa shape index (κ1) is 11.6. The minimum absolute atomic E-state index is 0.560. The summed E-state index contributed by atoms with van der Waals surface area (Å²) in [5, 5.41) is 8.99. The molecule has 1 rings (SSSR count). The van der Waals surface area contributed by atoms with E-state index in [4.69, 9.17) is 11.0 Å². The van der Waals surface area contributed by atoms with Crippen LogP contribution in [0.3, 0.4) is 0 Å². The van der Waals surface area contributed by atoms with Gasteiger partial charge in [0, 0.05) is 12.2 Å². The number of hydrogen-bond acceptors (Lipinski definition) is 2. The van der Waals surface area contributed by atoms with Crippen molar-refractivity contribution in [3.05, 3.63) is 17.5 Å². The summed E-state index contributed by atoms with van der Waals surface area (Å²) in [6, 6.07) is 3.98. The SMILES string of the molecule is CCCn1c(C#N)cc(N)c1CC(C)C. The summed E-state index contributed by atoms with van der Waals surface area (Å²) in [6.07, 6.45) is 1.96. The quantitative estimate of drug-likeness (QED) is 0.821. The Bertz CT molecular complexity index is 369. The van der Waals surface area contributed by atoms with Gasteiger partial charge in [-0.05, 0) is 24.8 Å². The molecule has 2 N–H and O–H groups in total. The standard InChI is InChI=1S/C12H19N3/c1-4-5-15-10(8-13)7-11(14)12(15)6-9(2)3/h7,9H,4-6,14H2,1-3H3. The first-order valence-corrected chi connectivity index (χ1v) is 5.48. The van der Waals surface area contributed by atoms with Gasteiger partial charge in [0.2, 0.25) is 0 Å². The van der Waals surface area contributed by atoms with E-state index in [0.29, 0.717) is 11.6 Å². The van der Waals surface area contributed by atoms with E-state index in [2.05, 4.69) is 31.4 Å². The molecule has 0 amide bonds. The minimum Gasteiger partial charge on any atom is -0.397 e. The van der Waals surface area contributed by atoms with Crippen LogP contribution in [0.5, 0.6) is 0 Å². The van der Waals surface area contributed by atoms with Gasteiger partial charge in [-0.25, -0.2) is 0 Å². The van der Waals surface area contributed by atoms with Gasteiger partial charge in [-0.2, -0.15) is 5.26 Å². The highest BCUT2D eigenvalue weighted by molar-refractivity contribution is 5.50. The fourth-order valence-electron chi connectivity index (χ4n) is 1.80. The zero-order valence-electron chi connectivity index (χ0n) is 9.75. The van der Waals surface area contributed by atoms with Crippen LogP contribution in [0.1, 0.15) is 38.6 Å². The third kappa shape index (κ3) is 2.53. The molecular formula is C12H19N3. The van der Waals surface area contributed by atoms with Crippen molar-refractivity contribution in [2.75, 3.05) is 5.73 Å². The van der Waals surface area contributed by atoms with Gasteiger partial charge in [0.05, 0.1) is 5.69 Å². The van der Waals surface area contributed by atoms with Crippen molar-refractivity contribution in [2.45, 2.75) is 40.2 Å². The Morgan fingerprint density at radius 1 is 1.53 bits per heavy atom. The van der Waals surface area contributed by atoms with Crippen LogP contribution in [-0.2, 0) is 13.0 Å². The summed E-state index contributed by atoms with van der Waals surface area (Å²) in [5.74, 6) is 0.560. The van der Waals surface area contributed by atoms with E-state index >= 15 is 0 Å². The number of rotatable bonds is 4. The molecule has 0 unspecified atom stereocenters. The van der Waals surface area contributed by atoms with E-state index in [0.717, 1.165) is 30.8 Å². The summed E-state index contributed by atoms with van der Waals surface area (Å²) in [7, 11) is 0. The lowest BCUT2D eigenvalue weighted by Crippen LogP contribution is -2.08. The molecule has 82 valence electrons. The molecule has 1 aromatic heterocycles. The van der Waals surface area contributed by atoms with E-state index in [1.54, 1.807) is 6.07 Å². The Balaban J connectivity index is 3.11. The van der Waals surface area contributed by atoms with Gasteiger partial charge >= 0.3 is 0 Å². The molecule has 0 aliphatic heterocycles. The number of aromatic nitrogens is 1. The maximum Gasteiger partial charge on any atom is 0.122 e. The van der Waals surface area contributed by atoms with Crippen LogP contribution < -0.4 is 5.73 Å². The van der Waals surface area contributed by atoms with E-state index in [-0.39, 0.29) is 0 Å². The first-order valence-electron chi connectivity index (χ1n) is 5.48. The van der Waals surface area contributed by atoms with Crippen molar-refractivity contribution in [1.82, 2.24) is 4.57 Å². The van der Waals surface area contributed by atoms with Crippen LogP contribution in [0.4, 0.5) is 5.69 Å². The molecule has 0 aliphatic carbocycles. The molecule has 0 radical (unpaired) electrons. The molecule has 3 heteroatoms. The Morgan fingerprint density at radius 2 is 2.20 bits per heavy atom. The Hall–Kier alpha value is -1.43. The first-order chi connectivity index (χ1) is 7.10. The highest BCUT2D eigenvalue weighted by Crippen LogP contribution is 2.21. The van der Waals surface area contributed by atoms with Crippen LogP contribution in [0, 0.1) is 17.2 Å². The molecule has 0 saturated carbocycles. The van der Waals surface area contributed by atoms with Crippen molar-refractivity contribution in [3.63, 3.8) is 0 Å². The van der Waals surface area contributed by atoms with E-state index in [1.165, 1.54) is 0 Å². The lowest BCUT2D eigenvalue weighted by atomic mass is 10.1. The number of nitriles is 1. The van der Waals surface area contributed by atoms with Crippen LogP contribution in [0.25, 0.3) is 0 Å². The lowest BCUT2D eigenvalue weighted by molar-refractivity contribution is 0.578. The van der Waals surface area contributed by atoms with Gasteiger partial charge in [-0.15, -0.1) is 0 Å². The topological polar surface area (TPSA) is 54.7 Å². The molecule has 15 heavy (non-hydrogen) atoms. The largest absolute Gasteiger partial charge is 0.397 e. The molecule has 1 heterocycles. The van der Waals surface area contributed by atoms with Gasteiger partial charge in [-0.1, -0.05) is 20.8 Å². The van der Waals surface area contributed by atoms with E-state index in [1.807, 2.05) is 0 Å². The zero-order chi connectivity index (χ0) is 11.4. The molecule has 0 spiro atoms. The molecule has 0 aromatic carbocycles. The third-order valence-corrected chi connectivity index (χ3v) is 2.41. The molecule has 0 bridgehead atoms. The van der Waals surface area contributed by atoms with Crippen molar-refractivity contribution >= 4 is 5.69 Å². The lowest BCUT2D eigenvalue weighted by Gasteiger charge is -2.11. The summed E-state index contributed by atoms with van der Waals surface area (Å²) in [5.41, 5.74) is 8.48. The average molecular weight is 205 g/mol. The summed E-state index contributed by atoms with van der Waals surface area (Å²) in [6.45, 7) is 7.31. The zero-order valence-corrected chi connectivity index (χ0v) is 9.75. The van der Waals surface area contributed by atoms with Crippen LogP contribution in [0.2, 0.25) is 0 Å². The van der Waals surface area contributed by atoms with E-state index < -0.39 is 0 Å². The Morgan fingerprint density at radius 3 is 2.67 bits per heavy atom. The number of anilines is 1. The van der Waals surface area contributed by atoms with Gasteiger partial charge < -0.3 is 10.3 Å². The predicted octanol–water partition coefficient (Wildman–Crippen LogP) is 2.55. The van der Waals surface area contributed by atoms with Crippen molar-refractivity contribution in [2.24, 2.45) is 5.92 Å².